The van der Waals surface area contributed by atoms with Crippen molar-refractivity contribution in [3.63, 3.8) is 0 Å². The molecule has 5 nitrogen and oxygen atoms in total. The Bertz CT molecular complexity index is 700. The van der Waals surface area contributed by atoms with Crippen LogP contribution in [0.5, 0.6) is 0 Å². The average molecular weight is 314 g/mol. The molecule has 2 rings (SSSR count). The van der Waals surface area contributed by atoms with Gasteiger partial charge in [-0.05, 0) is 31.9 Å². The van der Waals surface area contributed by atoms with E-state index in [-0.39, 0.29) is 16.7 Å². The van der Waals surface area contributed by atoms with Gasteiger partial charge in [0.05, 0.1) is 11.0 Å². The van der Waals surface area contributed by atoms with Crippen LogP contribution in [0.3, 0.4) is 0 Å². The fourth-order valence-electron chi connectivity index (χ4n) is 2.49. The first-order valence-electron chi connectivity index (χ1n) is 7.61. The lowest BCUT2D eigenvalue weighted by atomic mass is 10.0. The van der Waals surface area contributed by atoms with E-state index in [9.17, 15) is 15.2 Å². The summed E-state index contributed by atoms with van der Waals surface area (Å²) >= 11 is 0. The first kappa shape index (κ1) is 17.1. The van der Waals surface area contributed by atoms with Gasteiger partial charge in [0, 0.05) is 24.2 Å². The third-order valence-corrected chi connectivity index (χ3v) is 3.97. The number of hydrogen-bond donors (Lipinski definition) is 2. The quantitative estimate of drug-likeness (QED) is 0.631. The maximum absolute atomic E-state index is 11.0. The summed E-state index contributed by atoms with van der Waals surface area (Å²) in [5.41, 5.74) is 3.56. The predicted octanol–water partition coefficient (Wildman–Crippen LogP) is 3.60. The molecule has 0 amide bonds. The van der Waals surface area contributed by atoms with Crippen LogP contribution in [0.2, 0.25) is 0 Å². The molecule has 2 aromatic rings. The van der Waals surface area contributed by atoms with Gasteiger partial charge in [-0.3, -0.25) is 10.1 Å². The number of aliphatic hydroxyl groups excluding tert-OH is 1. The summed E-state index contributed by atoms with van der Waals surface area (Å²) in [4.78, 5) is 10.7. The van der Waals surface area contributed by atoms with Gasteiger partial charge in [-0.2, -0.15) is 0 Å². The van der Waals surface area contributed by atoms with Crippen LogP contribution in [0.4, 0.5) is 5.69 Å². The molecule has 0 aliphatic heterocycles. The number of nitro groups is 1. The van der Waals surface area contributed by atoms with Gasteiger partial charge in [0.25, 0.3) is 5.69 Å². The molecule has 2 aromatic carbocycles. The van der Waals surface area contributed by atoms with E-state index < -0.39 is 6.10 Å². The topological polar surface area (TPSA) is 75.4 Å². The van der Waals surface area contributed by atoms with E-state index in [4.69, 9.17) is 0 Å². The van der Waals surface area contributed by atoms with Crippen molar-refractivity contribution in [3.8, 4) is 0 Å². The molecule has 5 heteroatoms. The molecule has 0 bridgehead atoms. The maximum Gasteiger partial charge on any atom is 0.272 e. The molecule has 122 valence electrons. The smallest absolute Gasteiger partial charge is 0.272 e. The lowest BCUT2D eigenvalue weighted by Gasteiger charge is -2.18. The van der Waals surface area contributed by atoms with Crippen LogP contribution in [0.1, 0.15) is 41.3 Å². The van der Waals surface area contributed by atoms with Crippen molar-refractivity contribution >= 4 is 5.69 Å². The third-order valence-electron chi connectivity index (χ3n) is 3.97. The standard InChI is InChI=1S/C18H22N2O3/c1-12-5-4-6-16(9-12)18(21)11-19-14(3)15-8-7-13(2)17(10-15)20(22)23/h4-10,14,18-19,21H,11H2,1-3H3. The molecule has 0 heterocycles. The minimum atomic E-state index is -0.613. The van der Waals surface area contributed by atoms with E-state index in [0.29, 0.717) is 12.1 Å². The van der Waals surface area contributed by atoms with Crippen molar-refractivity contribution < 1.29 is 10.0 Å². The van der Waals surface area contributed by atoms with E-state index in [1.54, 1.807) is 19.1 Å². The monoisotopic (exact) mass is 314 g/mol. The van der Waals surface area contributed by atoms with Crippen molar-refractivity contribution in [1.82, 2.24) is 5.32 Å². The molecule has 0 spiro atoms. The fraction of sp³-hybridized carbons (Fsp3) is 0.333. The predicted molar refractivity (Wildman–Crippen MR) is 90.4 cm³/mol. The van der Waals surface area contributed by atoms with Crippen molar-refractivity contribution in [1.29, 1.82) is 0 Å². The molecule has 0 saturated carbocycles. The highest BCUT2D eigenvalue weighted by Crippen LogP contribution is 2.23. The summed E-state index contributed by atoms with van der Waals surface area (Å²) in [6.07, 6.45) is -0.613. The molecule has 0 aliphatic carbocycles. The van der Waals surface area contributed by atoms with Gasteiger partial charge in [-0.25, -0.2) is 0 Å². The minimum Gasteiger partial charge on any atom is -0.387 e. The summed E-state index contributed by atoms with van der Waals surface area (Å²) in [6.45, 7) is 6.02. The Labute approximate surface area is 136 Å². The number of aliphatic hydroxyl groups is 1. The Morgan fingerprint density at radius 1 is 1.17 bits per heavy atom. The van der Waals surface area contributed by atoms with Crippen LogP contribution in [0.25, 0.3) is 0 Å². The largest absolute Gasteiger partial charge is 0.387 e. The van der Waals surface area contributed by atoms with Crippen LogP contribution in [0, 0.1) is 24.0 Å². The Hall–Kier alpha value is -2.24. The Balaban J connectivity index is 2.03. The van der Waals surface area contributed by atoms with Crippen molar-refractivity contribution in [3.05, 3.63) is 74.8 Å². The lowest BCUT2D eigenvalue weighted by Crippen LogP contribution is -2.24. The first-order valence-corrected chi connectivity index (χ1v) is 7.61. The number of rotatable bonds is 6. The Morgan fingerprint density at radius 3 is 2.57 bits per heavy atom. The van der Waals surface area contributed by atoms with Crippen LogP contribution >= 0.6 is 0 Å². The Kier molecular flexibility index (Phi) is 5.47. The van der Waals surface area contributed by atoms with Crippen LogP contribution < -0.4 is 5.32 Å². The van der Waals surface area contributed by atoms with E-state index in [2.05, 4.69) is 5.32 Å². The number of hydrogen-bond acceptors (Lipinski definition) is 4. The van der Waals surface area contributed by atoms with Crippen molar-refractivity contribution in [2.45, 2.75) is 32.9 Å². The second-order valence-corrected chi connectivity index (χ2v) is 5.86. The summed E-state index contributed by atoms with van der Waals surface area (Å²) in [7, 11) is 0. The summed E-state index contributed by atoms with van der Waals surface area (Å²) < 4.78 is 0. The molecule has 2 unspecified atom stereocenters. The molecule has 23 heavy (non-hydrogen) atoms. The van der Waals surface area contributed by atoms with Gasteiger partial charge in [-0.1, -0.05) is 42.0 Å². The number of nitrogens with zero attached hydrogens (tertiary/aromatic N) is 1. The molecule has 0 aromatic heterocycles. The van der Waals surface area contributed by atoms with E-state index in [1.165, 1.54) is 0 Å². The zero-order valence-electron chi connectivity index (χ0n) is 13.6. The van der Waals surface area contributed by atoms with E-state index >= 15 is 0 Å². The highest BCUT2D eigenvalue weighted by Gasteiger charge is 2.15. The van der Waals surface area contributed by atoms with Gasteiger partial charge in [0.1, 0.15) is 0 Å². The zero-order valence-corrected chi connectivity index (χ0v) is 13.6. The highest BCUT2D eigenvalue weighted by molar-refractivity contribution is 5.43. The van der Waals surface area contributed by atoms with Crippen molar-refractivity contribution in [2.75, 3.05) is 6.54 Å². The maximum atomic E-state index is 11.0. The first-order chi connectivity index (χ1) is 10.9. The molecular formula is C18H22N2O3. The van der Waals surface area contributed by atoms with Gasteiger partial charge < -0.3 is 10.4 Å². The lowest BCUT2D eigenvalue weighted by molar-refractivity contribution is -0.385. The van der Waals surface area contributed by atoms with E-state index in [0.717, 1.165) is 16.7 Å². The second kappa shape index (κ2) is 7.35. The Morgan fingerprint density at radius 2 is 1.91 bits per heavy atom. The second-order valence-electron chi connectivity index (χ2n) is 5.86. The minimum absolute atomic E-state index is 0.0891. The summed E-state index contributed by atoms with van der Waals surface area (Å²) in [6, 6.07) is 12.9. The molecule has 0 fully saturated rings. The third kappa shape index (κ3) is 4.37. The molecule has 0 radical (unpaired) electrons. The SMILES string of the molecule is Cc1cccc(C(O)CNC(C)c2ccc(C)c([N+](=O)[O-])c2)c1. The van der Waals surface area contributed by atoms with Crippen LogP contribution in [0.15, 0.2) is 42.5 Å². The number of aryl methyl sites for hydroxylation is 2. The number of nitrogens with one attached hydrogen (secondary N) is 1. The normalized spacial score (nSPS) is 13.6. The molecule has 2 N–H and O–H groups in total. The van der Waals surface area contributed by atoms with Gasteiger partial charge in [-0.15, -0.1) is 0 Å². The summed E-state index contributed by atoms with van der Waals surface area (Å²) in [5.74, 6) is 0. The molecule has 2 atom stereocenters. The summed E-state index contributed by atoms with van der Waals surface area (Å²) in [5, 5.41) is 24.5. The van der Waals surface area contributed by atoms with Crippen molar-refractivity contribution in [2.24, 2.45) is 0 Å². The molecular weight excluding hydrogens is 292 g/mol. The van der Waals surface area contributed by atoms with Gasteiger partial charge in [0.15, 0.2) is 0 Å². The number of benzene rings is 2. The fourth-order valence-corrected chi connectivity index (χ4v) is 2.49. The molecule has 0 aliphatic rings. The number of nitro benzene ring substituents is 1. The molecule has 0 saturated heterocycles. The van der Waals surface area contributed by atoms with Crippen LogP contribution in [-0.4, -0.2) is 16.6 Å². The van der Waals surface area contributed by atoms with E-state index in [1.807, 2.05) is 44.2 Å². The van der Waals surface area contributed by atoms with Gasteiger partial charge >= 0.3 is 0 Å². The zero-order chi connectivity index (χ0) is 17.0. The van der Waals surface area contributed by atoms with Gasteiger partial charge in [0.2, 0.25) is 0 Å². The van der Waals surface area contributed by atoms with Crippen LogP contribution in [-0.2, 0) is 0 Å². The highest BCUT2D eigenvalue weighted by atomic mass is 16.6. The average Bonchev–Trinajstić information content (AvgIpc) is 2.52.